The number of carboxylic acids is 1. The van der Waals surface area contributed by atoms with Crippen LogP contribution in [0.1, 0.15) is 16.1 Å². The number of para-hydroxylation sites is 1. The molecule has 0 atom stereocenters. The molecule has 3 aromatic rings. The Labute approximate surface area is 139 Å². The van der Waals surface area contributed by atoms with Gasteiger partial charge in [-0.05, 0) is 29.8 Å². The lowest BCUT2D eigenvalue weighted by atomic mass is 10.2. The molecular weight excluding hydrogens is 328 g/mol. The average Bonchev–Trinajstić information content (AvgIpc) is 2.85. The Morgan fingerprint density at radius 1 is 1.12 bits per heavy atom. The quantitative estimate of drug-likeness (QED) is 0.745. The van der Waals surface area contributed by atoms with Gasteiger partial charge in [-0.3, -0.25) is 4.72 Å². The Kier molecular flexibility index (Phi) is 4.02. The molecule has 2 aromatic carbocycles. The van der Waals surface area contributed by atoms with E-state index in [1.807, 2.05) is 30.3 Å². The largest absolute Gasteiger partial charge is 0.477 e. The van der Waals surface area contributed by atoms with Gasteiger partial charge in [0.1, 0.15) is 5.69 Å². The van der Waals surface area contributed by atoms with Crippen molar-refractivity contribution >= 4 is 32.6 Å². The van der Waals surface area contributed by atoms with Crippen molar-refractivity contribution in [3.8, 4) is 0 Å². The summed E-state index contributed by atoms with van der Waals surface area (Å²) >= 11 is 0. The molecule has 3 rings (SSSR count). The van der Waals surface area contributed by atoms with Gasteiger partial charge in [-0.15, -0.1) is 0 Å². The minimum atomic E-state index is -3.36. The first-order valence-electron chi connectivity index (χ1n) is 7.22. The first-order valence-corrected chi connectivity index (χ1v) is 9.11. The number of nitrogens with one attached hydrogen (secondary N) is 1. The van der Waals surface area contributed by atoms with Crippen molar-refractivity contribution in [2.75, 3.05) is 11.0 Å². The topological polar surface area (TPSA) is 88.4 Å². The van der Waals surface area contributed by atoms with Crippen LogP contribution in [0.5, 0.6) is 0 Å². The second-order valence-electron chi connectivity index (χ2n) is 5.55. The third-order valence-corrected chi connectivity index (χ3v) is 4.21. The molecule has 2 N–H and O–H groups in total. The second kappa shape index (κ2) is 6.01. The number of fused-ring (bicyclic) bond motifs is 1. The summed E-state index contributed by atoms with van der Waals surface area (Å²) in [5.41, 5.74) is 2.25. The molecule has 6 nitrogen and oxygen atoms in total. The Hall–Kier alpha value is -2.80. The van der Waals surface area contributed by atoms with Gasteiger partial charge in [0.15, 0.2) is 0 Å². The van der Waals surface area contributed by atoms with E-state index >= 15 is 0 Å². The third kappa shape index (κ3) is 3.41. The fraction of sp³-hybridized carbons (Fsp3) is 0.118. The van der Waals surface area contributed by atoms with Gasteiger partial charge >= 0.3 is 5.97 Å². The van der Waals surface area contributed by atoms with Gasteiger partial charge in [-0.2, -0.15) is 0 Å². The van der Waals surface area contributed by atoms with Crippen LogP contribution in [0, 0.1) is 0 Å². The lowest BCUT2D eigenvalue weighted by molar-refractivity contribution is 0.0686. The molecule has 0 spiro atoms. The Balaban J connectivity index is 2.02. The highest BCUT2D eigenvalue weighted by atomic mass is 32.2. The van der Waals surface area contributed by atoms with E-state index in [1.165, 1.54) is 0 Å². The van der Waals surface area contributed by atoms with Crippen molar-refractivity contribution in [2.45, 2.75) is 6.54 Å². The van der Waals surface area contributed by atoms with Gasteiger partial charge in [0.25, 0.3) is 0 Å². The first-order chi connectivity index (χ1) is 11.3. The summed E-state index contributed by atoms with van der Waals surface area (Å²) < 4.78 is 26.8. The molecule has 0 aliphatic heterocycles. The normalized spacial score (nSPS) is 11.5. The number of rotatable bonds is 5. The summed E-state index contributed by atoms with van der Waals surface area (Å²) in [4.78, 5) is 11.5. The monoisotopic (exact) mass is 344 g/mol. The van der Waals surface area contributed by atoms with Crippen molar-refractivity contribution in [2.24, 2.45) is 0 Å². The lowest BCUT2D eigenvalue weighted by Crippen LogP contribution is -2.11. The minimum Gasteiger partial charge on any atom is -0.477 e. The van der Waals surface area contributed by atoms with E-state index in [9.17, 15) is 18.3 Å². The third-order valence-electron chi connectivity index (χ3n) is 3.60. The average molecular weight is 344 g/mol. The van der Waals surface area contributed by atoms with Crippen LogP contribution in [0.2, 0.25) is 0 Å². The number of sulfonamides is 1. The van der Waals surface area contributed by atoms with Crippen molar-refractivity contribution in [3.63, 3.8) is 0 Å². The van der Waals surface area contributed by atoms with Crippen LogP contribution in [0.15, 0.2) is 54.6 Å². The maximum Gasteiger partial charge on any atom is 0.352 e. The summed E-state index contributed by atoms with van der Waals surface area (Å²) in [6, 6.07) is 16.0. The van der Waals surface area contributed by atoms with Crippen molar-refractivity contribution in [1.82, 2.24) is 4.57 Å². The van der Waals surface area contributed by atoms with E-state index in [-0.39, 0.29) is 5.69 Å². The summed E-state index contributed by atoms with van der Waals surface area (Å²) in [6.07, 6.45) is 1.08. The van der Waals surface area contributed by atoms with Gasteiger partial charge in [0.05, 0.1) is 6.26 Å². The fourth-order valence-corrected chi connectivity index (χ4v) is 3.24. The van der Waals surface area contributed by atoms with E-state index in [1.54, 1.807) is 28.8 Å². The Morgan fingerprint density at radius 3 is 2.58 bits per heavy atom. The molecule has 1 aromatic heterocycles. The molecule has 24 heavy (non-hydrogen) atoms. The zero-order chi connectivity index (χ0) is 17.3. The summed E-state index contributed by atoms with van der Waals surface area (Å²) in [5.74, 6) is -1.00. The van der Waals surface area contributed by atoms with Crippen LogP contribution in [0.4, 0.5) is 5.69 Å². The Bertz CT molecular complexity index is 1020. The number of aromatic carboxylic acids is 1. The summed E-state index contributed by atoms with van der Waals surface area (Å²) in [6.45, 7) is 0.328. The van der Waals surface area contributed by atoms with E-state index in [0.717, 1.165) is 22.7 Å². The number of carbonyl (C=O) groups is 1. The molecule has 0 bridgehead atoms. The molecule has 0 amide bonds. The number of anilines is 1. The molecule has 0 aliphatic carbocycles. The number of hydrogen-bond acceptors (Lipinski definition) is 3. The number of nitrogens with zero attached hydrogens (tertiary/aromatic N) is 1. The molecule has 0 saturated carbocycles. The molecule has 0 unspecified atom stereocenters. The van der Waals surface area contributed by atoms with E-state index in [2.05, 4.69) is 4.72 Å². The predicted molar refractivity (Wildman–Crippen MR) is 92.9 cm³/mol. The van der Waals surface area contributed by atoms with Crippen molar-refractivity contribution < 1.29 is 18.3 Å². The van der Waals surface area contributed by atoms with Crippen LogP contribution in [0.3, 0.4) is 0 Å². The van der Waals surface area contributed by atoms with Crippen molar-refractivity contribution in [3.05, 3.63) is 65.9 Å². The van der Waals surface area contributed by atoms with Crippen LogP contribution in [0.25, 0.3) is 10.9 Å². The standard InChI is InChI=1S/C17H16N2O4S/c1-24(22,23)18-14-7-4-5-12(9-14)11-19-15-8-3-2-6-13(15)10-16(19)17(20)21/h2-10,18H,11H2,1H3,(H,20,21). The molecular formula is C17H16N2O4S. The molecule has 1 heterocycles. The molecule has 0 radical (unpaired) electrons. The van der Waals surface area contributed by atoms with Gasteiger partial charge < -0.3 is 9.67 Å². The van der Waals surface area contributed by atoms with Crippen LogP contribution in [-0.4, -0.2) is 30.3 Å². The van der Waals surface area contributed by atoms with Gasteiger partial charge in [-0.25, -0.2) is 13.2 Å². The molecule has 0 saturated heterocycles. The van der Waals surface area contributed by atoms with Crippen molar-refractivity contribution in [1.29, 1.82) is 0 Å². The zero-order valence-corrected chi connectivity index (χ0v) is 13.7. The van der Waals surface area contributed by atoms with Gasteiger partial charge in [0.2, 0.25) is 10.0 Å². The molecule has 0 aliphatic rings. The second-order valence-corrected chi connectivity index (χ2v) is 7.30. The van der Waals surface area contributed by atoms with E-state index in [4.69, 9.17) is 0 Å². The molecule has 7 heteroatoms. The van der Waals surface area contributed by atoms with E-state index < -0.39 is 16.0 Å². The highest BCUT2D eigenvalue weighted by Crippen LogP contribution is 2.22. The number of aromatic nitrogens is 1. The maximum absolute atomic E-state index is 11.5. The number of benzene rings is 2. The van der Waals surface area contributed by atoms with Crippen LogP contribution >= 0.6 is 0 Å². The van der Waals surface area contributed by atoms with Crippen LogP contribution in [-0.2, 0) is 16.6 Å². The minimum absolute atomic E-state index is 0.192. The Morgan fingerprint density at radius 2 is 1.88 bits per heavy atom. The highest BCUT2D eigenvalue weighted by Gasteiger charge is 2.14. The zero-order valence-electron chi connectivity index (χ0n) is 12.9. The number of carboxylic acid groups (broad SMARTS) is 1. The smallest absolute Gasteiger partial charge is 0.352 e. The van der Waals surface area contributed by atoms with Crippen LogP contribution < -0.4 is 4.72 Å². The highest BCUT2D eigenvalue weighted by molar-refractivity contribution is 7.92. The number of hydrogen-bond donors (Lipinski definition) is 2. The summed E-state index contributed by atoms with van der Waals surface area (Å²) in [5, 5.41) is 10.3. The maximum atomic E-state index is 11.5. The predicted octanol–water partition coefficient (Wildman–Crippen LogP) is 2.76. The summed E-state index contributed by atoms with van der Waals surface area (Å²) in [7, 11) is -3.36. The van der Waals surface area contributed by atoms with Gasteiger partial charge in [0, 0.05) is 23.1 Å². The SMILES string of the molecule is CS(=O)(=O)Nc1cccc(Cn2c(C(=O)O)cc3ccccc32)c1. The first kappa shape index (κ1) is 16.1. The molecule has 124 valence electrons. The fourth-order valence-electron chi connectivity index (χ4n) is 2.69. The van der Waals surface area contributed by atoms with E-state index in [0.29, 0.717) is 12.2 Å². The lowest BCUT2D eigenvalue weighted by Gasteiger charge is -2.10. The van der Waals surface area contributed by atoms with Gasteiger partial charge in [-0.1, -0.05) is 30.3 Å². The molecule has 0 fully saturated rings.